The first-order chi connectivity index (χ1) is 16.9. The normalized spacial score (nSPS) is 13.4. The highest BCUT2D eigenvalue weighted by molar-refractivity contribution is 5.94. The van der Waals surface area contributed by atoms with Crippen molar-refractivity contribution in [2.75, 3.05) is 39.9 Å². The van der Waals surface area contributed by atoms with Gasteiger partial charge in [0.25, 0.3) is 11.6 Å². The summed E-state index contributed by atoms with van der Waals surface area (Å²) in [7, 11) is 1.58. The highest BCUT2D eigenvalue weighted by Gasteiger charge is 2.28. The Hall–Kier alpha value is -4.41. The van der Waals surface area contributed by atoms with Crippen LogP contribution in [0.3, 0.4) is 0 Å². The van der Waals surface area contributed by atoms with Crippen LogP contribution in [0.1, 0.15) is 17.4 Å². The van der Waals surface area contributed by atoms with E-state index in [1.165, 1.54) is 16.8 Å². The number of benzene rings is 2. The molecule has 182 valence electrons. The summed E-state index contributed by atoms with van der Waals surface area (Å²) < 4.78 is 11.7. The number of rotatable bonds is 6. The van der Waals surface area contributed by atoms with Crippen molar-refractivity contribution in [1.29, 1.82) is 0 Å². The van der Waals surface area contributed by atoms with Gasteiger partial charge in [0, 0.05) is 43.9 Å². The zero-order chi connectivity index (χ0) is 24.9. The van der Waals surface area contributed by atoms with E-state index in [1.54, 1.807) is 54.2 Å². The van der Waals surface area contributed by atoms with Crippen molar-refractivity contribution in [2.45, 2.75) is 6.92 Å². The lowest BCUT2D eigenvalue weighted by atomic mass is 10.1. The number of aromatic nitrogens is 2. The van der Waals surface area contributed by atoms with Crippen molar-refractivity contribution in [1.82, 2.24) is 19.6 Å². The van der Waals surface area contributed by atoms with Gasteiger partial charge in [-0.1, -0.05) is 0 Å². The summed E-state index contributed by atoms with van der Waals surface area (Å²) in [5, 5.41) is 15.7. The van der Waals surface area contributed by atoms with Crippen LogP contribution in [-0.4, -0.2) is 76.4 Å². The maximum absolute atomic E-state index is 13.5. The first-order valence-corrected chi connectivity index (χ1v) is 11.1. The second kappa shape index (κ2) is 10.2. The minimum atomic E-state index is -0.481. The van der Waals surface area contributed by atoms with Crippen LogP contribution in [0.4, 0.5) is 10.5 Å². The van der Waals surface area contributed by atoms with Gasteiger partial charge in [0.1, 0.15) is 11.4 Å². The summed E-state index contributed by atoms with van der Waals surface area (Å²) in [6.07, 6.45) is -0.391. The fraction of sp³-hybridized carbons (Fsp3) is 0.292. The van der Waals surface area contributed by atoms with Gasteiger partial charge in [-0.15, -0.1) is 0 Å². The van der Waals surface area contributed by atoms with Gasteiger partial charge in [-0.25, -0.2) is 9.48 Å². The van der Waals surface area contributed by atoms with Gasteiger partial charge >= 0.3 is 6.09 Å². The number of carbonyl (C=O) groups is 2. The van der Waals surface area contributed by atoms with E-state index in [2.05, 4.69) is 5.10 Å². The Morgan fingerprint density at radius 1 is 1.00 bits per heavy atom. The van der Waals surface area contributed by atoms with Crippen molar-refractivity contribution >= 4 is 17.7 Å². The second-order valence-electron chi connectivity index (χ2n) is 7.81. The first kappa shape index (κ1) is 23.7. The zero-order valence-corrected chi connectivity index (χ0v) is 19.4. The van der Waals surface area contributed by atoms with E-state index < -0.39 is 11.0 Å². The summed E-state index contributed by atoms with van der Waals surface area (Å²) in [4.78, 5) is 39.3. The number of hydrogen-bond acceptors (Lipinski definition) is 7. The van der Waals surface area contributed by atoms with E-state index in [0.717, 1.165) is 5.56 Å². The fourth-order valence-corrected chi connectivity index (χ4v) is 3.82. The van der Waals surface area contributed by atoms with Gasteiger partial charge in [-0.2, -0.15) is 5.10 Å². The topological polar surface area (TPSA) is 120 Å². The number of methoxy groups -OCH3 is 1. The van der Waals surface area contributed by atoms with E-state index in [-0.39, 0.29) is 11.6 Å². The summed E-state index contributed by atoms with van der Waals surface area (Å²) in [5.74, 6) is 0.443. The van der Waals surface area contributed by atoms with Crippen LogP contribution in [-0.2, 0) is 4.74 Å². The monoisotopic (exact) mass is 479 g/mol. The third kappa shape index (κ3) is 5.08. The summed E-state index contributed by atoms with van der Waals surface area (Å²) in [5.41, 5.74) is 2.13. The molecule has 11 nitrogen and oxygen atoms in total. The Labute approximate surface area is 201 Å². The summed E-state index contributed by atoms with van der Waals surface area (Å²) in [6.45, 7) is 3.46. The van der Waals surface area contributed by atoms with Crippen molar-refractivity contribution in [2.24, 2.45) is 0 Å². The van der Waals surface area contributed by atoms with Crippen molar-refractivity contribution in [3.63, 3.8) is 0 Å². The average Bonchev–Trinajstić information content (AvgIpc) is 3.34. The van der Waals surface area contributed by atoms with Crippen molar-refractivity contribution in [3.05, 3.63) is 70.4 Å². The molecule has 0 unspecified atom stereocenters. The number of nitrogens with zero attached hydrogens (tertiary/aromatic N) is 5. The molecule has 0 radical (unpaired) electrons. The molecule has 1 fully saturated rings. The van der Waals surface area contributed by atoms with Gasteiger partial charge in [0.05, 0.1) is 30.0 Å². The minimum Gasteiger partial charge on any atom is -0.497 e. The minimum absolute atomic E-state index is 0.0563. The first-order valence-electron chi connectivity index (χ1n) is 11.1. The molecule has 0 saturated carbocycles. The third-order valence-corrected chi connectivity index (χ3v) is 5.71. The van der Waals surface area contributed by atoms with E-state index >= 15 is 0 Å². The largest absolute Gasteiger partial charge is 0.497 e. The van der Waals surface area contributed by atoms with E-state index in [1.807, 2.05) is 12.1 Å². The Bertz CT molecular complexity index is 1210. The Kier molecular flexibility index (Phi) is 6.95. The molecular weight excluding hydrogens is 454 g/mol. The van der Waals surface area contributed by atoms with Gasteiger partial charge < -0.3 is 19.3 Å². The Morgan fingerprint density at radius 3 is 2.20 bits per heavy atom. The smallest absolute Gasteiger partial charge is 0.409 e. The Morgan fingerprint density at radius 2 is 1.63 bits per heavy atom. The summed E-state index contributed by atoms with van der Waals surface area (Å²) in [6, 6.07) is 14.8. The number of amides is 2. The van der Waals surface area contributed by atoms with Crippen LogP contribution in [0, 0.1) is 10.1 Å². The molecule has 0 atom stereocenters. The quantitative estimate of drug-likeness (QED) is 0.393. The molecule has 2 amide bonds. The number of nitro groups is 1. The van der Waals surface area contributed by atoms with Gasteiger partial charge in [-0.3, -0.25) is 14.9 Å². The fourth-order valence-electron chi connectivity index (χ4n) is 3.82. The molecule has 11 heteroatoms. The van der Waals surface area contributed by atoms with Crippen LogP contribution in [0.25, 0.3) is 16.9 Å². The van der Waals surface area contributed by atoms with Crippen LogP contribution in [0.2, 0.25) is 0 Å². The number of nitro benzene ring substituents is 1. The zero-order valence-electron chi connectivity index (χ0n) is 19.4. The average molecular weight is 479 g/mol. The molecule has 2 aromatic carbocycles. The van der Waals surface area contributed by atoms with Crippen LogP contribution < -0.4 is 4.74 Å². The van der Waals surface area contributed by atoms with Crippen LogP contribution >= 0.6 is 0 Å². The molecule has 1 aromatic heterocycles. The molecule has 0 N–H and O–H groups in total. The van der Waals surface area contributed by atoms with Gasteiger partial charge in [0.15, 0.2) is 0 Å². The van der Waals surface area contributed by atoms with E-state index in [9.17, 15) is 19.7 Å². The molecule has 1 saturated heterocycles. The molecule has 4 rings (SSSR count). The molecule has 0 aliphatic carbocycles. The number of hydrogen-bond donors (Lipinski definition) is 0. The lowest BCUT2D eigenvalue weighted by Crippen LogP contribution is -2.51. The lowest BCUT2D eigenvalue weighted by Gasteiger charge is -2.34. The number of ether oxygens (including phenoxy) is 2. The predicted molar refractivity (Wildman–Crippen MR) is 127 cm³/mol. The van der Waals surface area contributed by atoms with Crippen molar-refractivity contribution in [3.8, 4) is 22.7 Å². The molecule has 0 bridgehead atoms. The molecule has 1 aliphatic rings. The number of non-ortho nitro benzene ring substituents is 1. The predicted octanol–water partition coefficient (Wildman–Crippen LogP) is 3.37. The summed E-state index contributed by atoms with van der Waals surface area (Å²) >= 11 is 0. The maximum atomic E-state index is 13.5. The van der Waals surface area contributed by atoms with Crippen LogP contribution in [0.5, 0.6) is 5.75 Å². The molecule has 35 heavy (non-hydrogen) atoms. The molecule has 1 aliphatic heterocycles. The van der Waals surface area contributed by atoms with Gasteiger partial charge in [-0.05, 0) is 49.4 Å². The third-order valence-electron chi connectivity index (χ3n) is 5.71. The van der Waals surface area contributed by atoms with Gasteiger partial charge in [0.2, 0.25) is 0 Å². The molecule has 2 heterocycles. The highest BCUT2D eigenvalue weighted by Crippen LogP contribution is 2.26. The SMILES string of the molecule is CCOC(=O)N1CCN(C(=O)c2cc(-c3ccc(OC)cc3)nn2-c2ccc([N+](=O)[O-])cc2)CC1. The number of carbonyl (C=O) groups excluding carboxylic acids is 2. The lowest BCUT2D eigenvalue weighted by molar-refractivity contribution is -0.384. The molecule has 0 spiro atoms. The standard InChI is InChI=1S/C24H25N5O6/c1-3-35-24(31)27-14-12-26(13-15-27)23(30)22-16-21(17-4-10-20(34-2)11-5-17)25-28(22)18-6-8-19(9-7-18)29(32)33/h4-11,16H,3,12-15H2,1-2H3. The van der Waals surface area contributed by atoms with Crippen molar-refractivity contribution < 1.29 is 24.0 Å². The van der Waals surface area contributed by atoms with E-state index in [4.69, 9.17) is 9.47 Å². The maximum Gasteiger partial charge on any atom is 0.409 e. The second-order valence-corrected chi connectivity index (χ2v) is 7.81. The van der Waals surface area contributed by atoms with Crippen LogP contribution in [0.15, 0.2) is 54.6 Å². The molecule has 3 aromatic rings. The number of piperazine rings is 1. The Balaban J connectivity index is 1.65. The molecular formula is C24H25N5O6. The van der Waals surface area contributed by atoms with E-state index in [0.29, 0.717) is 55.6 Å². The highest BCUT2D eigenvalue weighted by atomic mass is 16.6.